The van der Waals surface area contributed by atoms with Gasteiger partial charge in [-0.05, 0) is 24.3 Å². The zero-order chi connectivity index (χ0) is 14.2. The van der Waals surface area contributed by atoms with Crippen molar-refractivity contribution >= 4 is 16.6 Å². The van der Waals surface area contributed by atoms with Crippen LogP contribution in [-0.2, 0) is 6.18 Å². The average molecular weight is 281 g/mol. The Morgan fingerprint density at radius 2 is 1.85 bits per heavy atom. The number of hydrogen-bond donors (Lipinski definition) is 1. The first-order chi connectivity index (χ1) is 9.55. The maximum Gasteiger partial charge on any atom is 0.416 e. The minimum absolute atomic E-state index is 0.559. The predicted octanol–water partition coefficient (Wildman–Crippen LogP) is 2.66. The minimum Gasteiger partial charge on any atom is -0.368 e. The molecule has 0 radical (unpaired) electrons. The van der Waals surface area contributed by atoms with Crippen molar-refractivity contribution in [2.75, 3.05) is 31.1 Å². The van der Waals surface area contributed by atoms with Gasteiger partial charge in [-0.2, -0.15) is 13.2 Å². The molecular weight excluding hydrogens is 267 g/mol. The van der Waals surface area contributed by atoms with E-state index >= 15 is 0 Å². The summed E-state index contributed by atoms with van der Waals surface area (Å²) in [5.74, 6) is 0. The molecular formula is C14H14F3N3. The van der Waals surface area contributed by atoms with Crippen LogP contribution in [0.1, 0.15) is 5.56 Å². The summed E-state index contributed by atoms with van der Waals surface area (Å²) in [6.07, 6.45) is -2.68. The van der Waals surface area contributed by atoms with Crippen LogP contribution in [0.5, 0.6) is 0 Å². The van der Waals surface area contributed by atoms with E-state index in [1.807, 2.05) is 0 Å². The highest BCUT2D eigenvalue weighted by Gasteiger charge is 2.31. The molecule has 0 bridgehead atoms. The number of hydrogen-bond acceptors (Lipinski definition) is 3. The molecule has 1 aromatic heterocycles. The highest BCUT2D eigenvalue weighted by atomic mass is 19.4. The van der Waals surface area contributed by atoms with Crippen LogP contribution in [0.2, 0.25) is 0 Å². The van der Waals surface area contributed by atoms with Crippen molar-refractivity contribution in [2.45, 2.75) is 6.18 Å². The Labute approximate surface area is 114 Å². The third-order valence-corrected chi connectivity index (χ3v) is 3.50. The molecule has 2 heterocycles. The lowest BCUT2D eigenvalue weighted by Gasteiger charge is -2.30. The van der Waals surface area contributed by atoms with Gasteiger partial charge < -0.3 is 10.2 Å². The van der Waals surface area contributed by atoms with E-state index < -0.39 is 11.7 Å². The van der Waals surface area contributed by atoms with Crippen LogP contribution in [0, 0.1) is 0 Å². The molecule has 0 saturated carbocycles. The summed E-state index contributed by atoms with van der Waals surface area (Å²) < 4.78 is 38.5. The Bertz CT molecular complexity index is 619. The zero-order valence-electron chi connectivity index (χ0n) is 10.7. The van der Waals surface area contributed by atoms with Gasteiger partial charge in [-0.15, -0.1) is 0 Å². The molecule has 0 amide bonds. The van der Waals surface area contributed by atoms with Gasteiger partial charge in [0.25, 0.3) is 0 Å². The first-order valence-electron chi connectivity index (χ1n) is 6.47. The van der Waals surface area contributed by atoms with Gasteiger partial charge in [-0.3, -0.25) is 4.98 Å². The molecule has 20 heavy (non-hydrogen) atoms. The van der Waals surface area contributed by atoms with Crippen molar-refractivity contribution in [3.63, 3.8) is 0 Å². The highest BCUT2D eigenvalue weighted by Crippen LogP contribution is 2.34. The monoisotopic (exact) mass is 281 g/mol. The molecule has 1 aliphatic heterocycles. The van der Waals surface area contributed by atoms with Crippen molar-refractivity contribution in [3.05, 3.63) is 36.0 Å². The Hall–Kier alpha value is -1.82. The third kappa shape index (κ3) is 2.43. The molecule has 1 aromatic carbocycles. The topological polar surface area (TPSA) is 28.2 Å². The van der Waals surface area contributed by atoms with Crippen LogP contribution in [-0.4, -0.2) is 31.2 Å². The van der Waals surface area contributed by atoms with Gasteiger partial charge in [0.1, 0.15) is 0 Å². The van der Waals surface area contributed by atoms with E-state index in [-0.39, 0.29) is 0 Å². The summed E-state index contributed by atoms with van der Waals surface area (Å²) in [6, 6.07) is 5.49. The standard InChI is InChI=1S/C14H14F3N3/c15-14(16,17)10-1-2-12-11(9-10)13(3-4-19-12)20-7-5-18-6-8-20/h1-4,9,18H,5-8H2. The molecule has 1 fully saturated rings. The molecule has 1 N–H and O–H groups in total. The number of halogens is 3. The fourth-order valence-corrected chi connectivity index (χ4v) is 2.49. The summed E-state index contributed by atoms with van der Waals surface area (Å²) in [5.41, 5.74) is 0.783. The second-order valence-electron chi connectivity index (χ2n) is 4.80. The zero-order valence-corrected chi connectivity index (χ0v) is 10.7. The fourth-order valence-electron chi connectivity index (χ4n) is 2.49. The van der Waals surface area contributed by atoms with Gasteiger partial charge in [0.05, 0.1) is 11.1 Å². The number of alkyl halides is 3. The number of anilines is 1. The fraction of sp³-hybridized carbons (Fsp3) is 0.357. The number of benzene rings is 1. The molecule has 106 valence electrons. The average Bonchev–Trinajstić information content (AvgIpc) is 2.46. The number of nitrogens with zero attached hydrogens (tertiary/aromatic N) is 2. The molecule has 1 aliphatic rings. The normalized spacial score (nSPS) is 16.6. The van der Waals surface area contributed by atoms with Crippen molar-refractivity contribution in [1.29, 1.82) is 0 Å². The third-order valence-electron chi connectivity index (χ3n) is 3.50. The first kappa shape index (κ1) is 13.2. The van der Waals surface area contributed by atoms with E-state index in [1.165, 1.54) is 12.1 Å². The van der Waals surface area contributed by atoms with Gasteiger partial charge in [0.15, 0.2) is 0 Å². The van der Waals surface area contributed by atoms with Crippen LogP contribution in [0.3, 0.4) is 0 Å². The lowest BCUT2D eigenvalue weighted by atomic mass is 10.1. The van der Waals surface area contributed by atoms with Crippen LogP contribution in [0.25, 0.3) is 10.9 Å². The Balaban J connectivity index is 2.11. The van der Waals surface area contributed by atoms with Gasteiger partial charge in [0, 0.05) is 43.4 Å². The van der Waals surface area contributed by atoms with Crippen LogP contribution < -0.4 is 10.2 Å². The van der Waals surface area contributed by atoms with E-state index in [0.29, 0.717) is 10.9 Å². The maximum absolute atomic E-state index is 12.8. The van der Waals surface area contributed by atoms with E-state index in [9.17, 15) is 13.2 Å². The molecule has 6 heteroatoms. The van der Waals surface area contributed by atoms with Crippen LogP contribution >= 0.6 is 0 Å². The lowest BCUT2D eigenvalue weighted by Crippen LogP contribution is -2.43. The maximum atomic E-state index is 12.8. The second-order valence-corrected chi connectivity index (χ2v) is 4.80. The molecule has 0 atom stereocenters. The molecule has 1 saturated heterocycles. The Kier molecular flexibility index (Phi) is 3.25. The SMILES string of the molecule is FC(F)(F)c1ccc2nccc(N3CCNCC3)c2c1. The lowest BCUT2D eigenvalue weighted by molar-refractivity contribution is -0.137. The largest absolute Gasteiger partial charge is 0.416 e. The minimum atomic E-state index is -4.33. The molecule has 0 spiro atoms. The molecule has 3 nitrogen and oxygen atoms in total. The molecule has 2 aromatic rings. The highest BCUT2D eigenvalue weighted by molar-refractivity contribution is 5.92. The number of nitrogens with one attached hydrogen (secondary N) is 1. The summed E-state index contributed by atoms with van der Waals surface area (Å²) in [6.45, 7) is 3.25. The van der Waals surface area contributed by atoms with E-state index in [1.54, 1.807) is 12.3 Å². The van der Waals surface area contributed by atoms with Crippen molar-refractivity contribution in [2.24, 2.45) is 0 Å². The van der Waals surface area contributed by atoms with Crippen molar-refractivity contribution in [1.82, 2.24) is 10.3 Å². The second kappa shape index (κ2) is 4.94. The molecule has 0 unspecified atom stereocenters. The Morgan fingerprint density at radius 1 is 1.10 bits per heavy atom. The summed E-state index contributed by atoms with van der Waals surface area (Å²) in [7, 11) is 0. The number of pyridine rings is 1. The quantitative estimate of drug-likeness (QED) is 0.871. The van der Waals surface area contributed by atoms with Gasteiger partial charge in [-0.1, -0.05) is 0 Å². The smallest absolute Gasteiger partial charge is 0.368 e. The predicted molar refractivity (Wildman–Crippen MR) is 71.8 cm³/mol. The summed E-state index contributed by atoms with van der Waals surface area (Å²) >= 11 is 0. The molecule has 3 rings (SSSR count). The summed E-state index contributed by atoms with van der Waals surface area (Å²) in [5, 5.41) is 3.79. The van der Waals surface area contributed by atoms with Crippen LogP contribution in [0.15, 0.2) is 30.5 Å². The Morgan fingerprint density at radius 3 is 2.55 bits per heavy atom. The first-order valence-corrected chi connectivity index (χ1v) is 6.47. The van der Waals surface area contributed by atoms with Gasteiger partial charge >= 0.3 is 6.18 Å². The number of piperazine rings is 1. The number of aromatic nitrogens is 1. The van der Waals surface area contributed by atoms with Gasteiger partial charge in [-0.25, -0.2) is 0 Å². The van der Waals surface area contributed by atoms with E-state index in [2.05, 4.69) is 15.2 Å². The molecule has 0 aliphatic carbocycles. The van der Waals surface area contributed by atoms with Gasteiger partial charge in [0.2, 0.25) is 0 Å². The van der Waals surface area contributed by atoms with Crippen molar-refractivity contribution in [3.8, 4) is 0 Å². The number of fused-ring (bicyclic) bond motifs is 1. The van der Waals surface area contributed by atoms with Crippen molar-refractivity contribution < 1.29 is 13.2 Å². The van der Waals surface area contributed by atoms with Crippen LogP contribution in [0.4, 0.5) is 18.9 Å². The number of rotatable bonds is 1. The van der Waals surface area contributed by atoms with E-state index in [4.69, 9.17) is 0 Å². The summed E-state index contributed by atoms with van der Waals surface area (Å²) in [4.78, 5) is 6.25. The van der Waals surface area contributed by atoms with E-state index in [0.717, 1.165) is 37.9 Å².